The first-order chi connectivity index (χ1) is 22.3. The maximum atomic E-state index is 14.8. The van der Waals surface area contributed by atoms with E-state index in [2.05, 4.69) is 24.5 Å². The van der Waals surface area contributed by atoms with Crippen LogP contribution in [0.5, 0.6) is 0 Å². The summed E-state index contributed by atoms with van der Waals surface area (Å²) in [5.74, 6) is -1.07. The minimum Gasteiger partial charge on any atom is -0.458 e. The van der Waals surface area contributed by atoms with Gasteiger partial charge in [-0.25, -0.2) is 9.59 Å². The number of alkyl carbamates (subject to hydrolysis) is 1. The number of esters is 1. The highest BCUT2D eigenvalue weighted by atomic mass is 16.6. The van der Waals surface area contributed by atoms with E-state index < -0.39 is 53.2 Å². The summed E-state index contributed by atoms with van der Waals surface area (Å²) in [6.45, 7) is 20.7. The summed E-state index contributed by atoms with van der Waals surface area (Å²) in [5, 5.41) is 5.78. The van der Waals surface area contributed by atoms with Gasteiger partial charge in [-0.05, 0) is 90.7 Å². The third kappa shape index (κ3) is 14.1. The van der Waals surface area contributed by atoms with Crippen molar-refractivity contribution >= 4 is 23.9 Å². The summed E-state index contributed by atoms with van der Waals surface area (Å²) >= 11 is 0. The average molecular weight is 666 g/mol. The normalized spacial score (nSPS) is 14.4. The van der Waals surface area contributed by atoms with E-state index in [-0.39, 0.29) is 18.4 Å². The minimum absolute atomic E-state index is 0.0492. The number of nitrogens with one attached hydrogen (secondary N) is 2. The zero-order valence-corrected chi connectivity index (χ0v) is 31.0. The zero-order chi connectivity index (χ0) is 36.2. The second kappa shape index (κ2) is 18.0. The molecule has 2 aromatic rings. The highest BCUT2D eigenvalue weighted by Crippen LogP contribution is 2.29. The molecule has 48 heavy (non-hydrogen) atoms. The molecule has 4 atom stereocenters. The van der Waals surface area contributed by atoms with Gasteiger partial charge in [-0.15, -0.1) is 0 Å². The van der Waals surface area contributed by atoms with Crippen molar-refractivity contribution in [1.82, 2.24) is 15.5 Å². The summed E-state index contributed by atoms with van der Waals surface area (Å²) in [5.41, 5.74) is -0.105. The third-order valence-electron chi connectivity index (χ3n) is 7.52. The molecule has 3 amide bonds. The van der Waals surface area contributed by atoms with Crippen LogP contribution in [0.3, 0.4) is 0 Å². The molecule has 0 aliphatic rings. The SMILES string of the molecule is CC(C)CCC(C)N(C(=O)C(CC(C)C)NC(=O)OC(C)(C)C)C(C(=O)NC(Cc1ccccc1)C(=O)OC(C)(C)C)c1ccccc1. The number of rotatable bonds is 15. The topological polar surface area (TPSA) is 114 Å². The quantitative estimate of drug-likeness (QED) is 0.192. The van der Waals surface area contributed by atoms with Crippen LogP contribution < -0.4 is 10.6 Å². The molecule has 0 aliphatic carbocycles. The van der Waals surface area contributed by atoms with E-state index in [4.69, 9.17) is 9.47 Å². The molecule has 2 N–H and O–H groups in total. The fourth-order valence-electron chi connectivity index (χ4n) is 5.38. The molecule has 0 heterocycles. The summed E-state index contributed by atoms with van der Waals surface area (Å²) in [6.07, 6.45) is 1.28. The predicted molar refractivity (Wildman–Crippen MR) is 190 cm³/mol. The molecule has 0 spiro atoms. The first kappa shape index (κ1) is 40.3. The first-order valence-electron chi connectivity index (χ1n) is 17.2. The Bertz CT molecular complexity index is 1310. The maximum absolute atomic E-state index is 14.8. The van der Waals surface area contributed by atoms with Crippen molar-refractivity contribution in [1.29, 1.82) is 0 Å². The van der Waals surface area contributed by atoms with Crippen molar-refractivity contribution in [2.24, 2.45) is 11.8 Å². The predicted octanol–water partition coefficient (Wildman–Crippen LogP) is 7.39. The highest BCUT2D eigenvalue weighted by Gasteiger charge is 2.40. The van der Waals surface area contributed by atoms with Gasteiger partial charge in [-0.3, -0.25) is 9.59 Å². The summed E-state index contributed by atoms with van der Waals surface area (Å²) in [7, 11) is 0. The molecule has 2 aromatic carbocycles. The molecule has 0 aromatic heterocycles. The van der Waals surface area contributed by atoms with Crippen LogP contribution in [0.1, 0.15) is 113 Å². The Labute approximate surface area is 288 Å². The standard InChI is InChI=1S/C39H59N3O6/c1-26(2)22-23-28(5)42(35(44)31(24-27(3)4)41-37(46)48-39(9,10)11)33(30-20-16-13-17-21-30)34(43)40-32(36(45)47-38(6,7)8)25-29-18-14-12-15-19-29/h12-21,26-28,31-33H,22-25H2,1-11H3,(H,40,43)(H,41,46). The Morgan fingerprint density at radius 3 is 1.73 bits per heavy atom. The van der Waals surface area contributed by atoms with Crippen molar-refractivity contribution in [3.05, 3.63) is 71.8 Å². The average Bonchev–Trinajstić information content (AvgIpc) is 2.96. The van der Waals surface area contributed by atoms with Crippen molar-refractivity contribution in [3.8, 4) is 0 Å². The molecule has 266 valence electrons. The summed E-state index contributed by atoms with van der Waals surface area (Å²) in [6, 6.07) is 15.0. The Kier molecular flexibility index (Phi) is 15.1. The van der Waals surface area contributed by atoms with Crippen LogP contribution in [0.15, 0.2) is 60.7 Å². The fourth-order valence-corrected chi connectivity index (χ4v) is 5.38. The van der Waals surface area contributed by atoms with Crippen LogP contribution in [0.25, 0.3) is 0 Å². The lowest BCUT2D eigenvalue weighted by Crippen LogP contribution is -2.57. The third-order valence-corrected chi connectivity index (χ3v) is 7.52. The Morgan fingerprint density at radius 1 is 0.688 bits per heavy atom. The van der Waals surface area contributed by atoms with Crippen LogP contribution in [0, 0.1) is 11.8 Å². The molecule has 9 heteroatoms. The van der Waals surface area contributed by atoms with E-state index in [0.717, 1.165) is 12.0 Å². The van der Waals surface area contributed by atoms with Gasteiger partial charge in [0.1, 0.15) is 29.3 Å². The van der Waals surface area contributed by atoms with Gasteiger partial charge in [0.05, 0.1) is 0 Å². The summed E-state index contributed by atoms with van der Waals surface area (Å²) in [4.78, 5) is 57.6. The Hall–Kier alpha value is -3.88. The smallest absolute Gasteiger partial charge is 0.408 e. The molecule has 0 radical (unpaired) electrons. The monoisotopic (exact) mass is 665 g/mol. The largest absolute Gasteiger partial charge is 0.458 e. The van der Waals surface area contributed by atoms with Gasteiger partial charge in [0, 0.05) is 12.5 Å². The van der Waals surface area contributed by atoms with E-state index >= 15 is 0 Å². The molecule has 0 saturated heterocycles. The lowest BCUT2D eigenvalue weighted by Gasteiger charge is -2.39. The van der Waals surface area contributed by atoms with Crippen LogP contribution in [-0.4, -0.2) is 58.1 Å². The van der Waals surface area contributed by atoms with Gasteiger partial charge in [-0.2, -0.15) is 0 Å². The first-order valence-corrected chi connectivity index (χ1v) is 17.2. The zero-order valence-electron chi connectivity index (χ0n) is 31.0. The van der Waals surface area contributed by atoms with E-state index in [9.17, 15) is 19.2 Å². The molecule has 4 unspecified atom stereocenters. The Balaban J connectivity index is 2.66. The number of benzene rings is 2. The molecule has 2 rings (SSSR count). The van der Waals surface area contributed by atoms with Gasteiger partial charge in [0.25, 0.3) is 0 Å². The molecule has 0 fully saturated rings. The molecular formula is C39H59N3O6. The van der Waals surface area contributed by atoms with Crippen molar-refractivity contribution < 1.29 is 28.7 Å². The van der Waals surface area contributed by atoms with E-state index in [0.29, 0.717) is 24.3 Å². The van der Waals surface area contributed by atoms with Gasteiger partial charge < -0.3 is 25.0 Å². The molecule has 0 aliphatic heterocycles. The molecular weight excluding hydrogens is 606 g/mol. The lowest BCUT2D eigenvalue weighted by molar-refractivity contribution is -0.159. The molecule has 9 nitrogen and oxygen atoms in total. The number of ether oxygens (including phenoxy) is 2. The van der Waals surface area contributed by atoms with Crippen LogP contribution >= 0.6 is 0 Å². The van der Waals surface area contributed by atoms with E-state index in [1.54, 1.807) is 58.6 Å². The molecule has 0 bridgehead atoms. The van der Waals surface area contributed by atoms with Crippen molar-refractivity contribution in [3.63, 3.8) is 0 Å². The van der Waals surface area contributed by atoms with E-state index in [1.807, 2.05) is 69.3 Å². The maximum Gasteiger partial charge on any atom is 0.408 e. The summed E-state index contributed by atoms with van der Waals surface area (Å²) < 4.78 is 11.3. The number of carbonyl (C=O) groups is 4. The number of amides is 3. The van der Waals surface area contributed by atoms with Crippen molar-refractivity contribution in [2.45, 2.75) is 137 Å². The number of nitrogens with zero attached hydrogens (tertiary/aromatic N) is 1. The van der Waals surface area contributed by atoms with Crippen LogP contribution in [0.2, 0.25) is 0 Å². The van der Waals surface area contributed by atoms with Gasteiger partial charge >= 0.3 is 12.1 Å². The second-order valence-electron chi connectivity index (χ2n) is 15.5. The minimum atomic E-state index is -1.10. The lowest BCUT2D eigenvalue weighted by atomic mass is 9.95. The van der Waals surface area contributed by atoms with E-state index in [1.165, 1.54) is 0 Å². The number of hydrogen-bond acceptors (Lipinski definition) is 6. The highest BCUT2D eigenvalue weighted by molar-refractivity contribution is 5.94. The van der Waals surface area contributed by atoms with Crippen LogP contribution in [0.4, 0.5) is 4.79 Å². The van der Waals surface area contributed by atoms with Gasteiger partial charge in [0.15, 0.2) is 0 Å². The van der Waals surface area contributed by atoms with Crippen LogP contribution in [-0.2, 0) is 30.3 Å². The fraction of sp³-hybridized carbons (Fsp3) is 0.590. The molecule has 0 saturated carbocycles. The van der Waals surface area contributed by atoms with Crippen molar-refractivity contribution in [2.75, 3.05) is 0 Å². The second-order valence-corrected chi connectivity index (χ2v) is 15.5. The van der Waals surface area contributed by atoms with Gasteiger partial charge in [-0.1, -0.05) is 88.4 Å². The van der Waals surface area contributed by atoms with Gasteiger partial charge in [0.2, 0.25) is 11.8 Å². The number of carbonyl (C=O) groups excluding carboxylic acids is 4. The number of hydrogen-bond donors (Lipinski definition) is 2. The Morgan fingerprint density at radius 2 is 1.23 bits per heavy atom.